The van der Waals surface area contributed by atoms with E-state index in [0.717, 1.165) is 56.1 Å². The van der Waals surface area contributed by atoms with Crippen molar-refractivity contribution in [1.82, 2.24) is 0 Å². The average Bonchev–Trinajstić information content (AvgIpc) is 3.49. The van der Waals surface area contributed by atoms with Gasteiger partial charge in [-0.05, 0) is 62.5 Å². The summed E-state index contributed by atoms with van der Waals surface area (Å²) in [5.74, 6) is 0.00265. The van der Waals surface area contributed by atoms with Crippen molar-refractivity contribution in [2.75, 3.05) is 5.01 Å². The average molecular weight is 529 g/mol. The van der Waals surface area contributed by atoms with Crippen LogP contribution in [0, 0.1) is 0 Å². The first-order valence-electron chi connectivity index (χ1n) is 13.9. The van der Waals surface area contributed by atoms with Gasteiger partial charge in [0.15, 0.2) is 5.78 Å². The molecule has 3 nitrogen and oxygen atoms in total. The summed E-state index contributed by atoms with van der Waals surface area (Å²) in [5, 5.41) is 11.3. The van der Waals surface area contributed by atoms with Gasteiger partial charge in [-0.15, -0.1) is 0 Å². The van der Waals surface area contributed by atoms with E-state index < -0.39 is 0 Å². The van der Waals surface area contributed by atoms with Gasteiger partial charge < -0.3 is 0 Å². The molecule has 0 aliphatic carbocycles. The molecule has 1 atom stereocenters. The molecule has 0 bridgehead atoms. The van der Waals surface area contributed by atoms with Crippen LogP contribution in [0.4, 0.5) is 5.69 Å². The van der Waals surface area contributed by atoms with Gasteiger partial charge >= 0.3 is 0 Å². The summed E-state index contributed by atoms with van der Waals surface area (Å²) in [5.41, 5.74) is 6.20. The molecule has 6 aromatic carbocycles. The number of fused-ring (bicyclic) bond motifs is 2. The minimum Gasteiger partial charge on any atom is -0.289 e. The molecule has 1 aliphatic rings. The van der Waals surface area contributed by atoms with Crippen molar-refractivity contribution >= 4 is 44.8 Å². The maximum Gasteiger partial charge on any atom is 0.187 e. The first-order valence-corrected chi connectivity index (χ1v) is 13.9. The molecule has 0 saturated heterocycles. The second kappa shape index (κ2) is 10.7. The summed E-state index contributed by atoms with van der Waals surface area (Å²) in [4.78, 5) is 13.6. The Hall–Kier alpha value is -5.28. The Kier molecular flexibility index (Phi) is 6.46. The lowest BCUT2D eigenvalue weighted by Crippen LogP contribution is -2.18. The number of hydrogen-bond acceptors (Lipinski definition) is 3. The van der Waals surface area contributed by atoms with Crippen LogP contribution in [-0.4, -0.2) is 11.5 Å². The van der Waals surface area contributed by atoms with Gasteiger partial charge in [-0.25, -0.2) is 0 Å². The number of carbonyl (C=O) groups excluding carboxylic acids is 1. The summed E-state index contributed by atoms with van der Waals surface area (Å²) in [6, 6.07) is 47.7. The fourth-order valence-electron chi connectivity index (χ4n) is 5.76. The van der Waals surface area contributed by atoms with E-state index in [1.54, 1.807) is 6.08 Å². The van der Waals surface area contributed by atoms with Gasteiger partial charge in [-0.3, -0.25) is 9.80 Å². The molecule has 6 aromatic rings. The highest BCUT2D eigenvalue weighted by Gasteiger charge is 2.29. The van der Waals surface area contributed by atoms with E-state index in [9.17, 15) is 4.79 Å². The second-order valence-corrected chi connectivity index (χ2v) is 10.4. The molecule has 0 N–H and O–H groups in total. The first kappa shape index (κ1) is 24.7. The monoisotopic (exact) mass is 528 g/mol. The largest absolute Gasteiger partial charge is 0.289 e. The number of hydrogen-bond donors (Lipinski definition) is 0. The lowest BCUT2D eigenvalue weighted by atomic mass is 9.94. The highest BCUT2D eigenvalue weighted by molar-refractivity contribution is 6.23. The third-order valence-electron chi connectivity index (χ3n) is 7.80. The Bertz CT molecular complexity index is 1870. The fourth-order valence-corrected chi connectivity index (χ4v) is 5.76. The molecule has 196 valence electrons. The van der Waals surface area contributed by atoms with E-state index in [1.807, 2.05) is 54.6 Å². The zero-order valence-corrected chi connectivity index (χ0v) is 22.5. The summed E-state index contributed by atoms with van der Waals surface area (Å²) >= 11 is 0. The van der Waals surface area contributed by atoms with Crippen LogP contribution in [0.3, 0.4) is 0 Å². The van der Waals surface area contributed by atoms with E-state index in [1.165, 1.54) is 5.56 Å². The van der Waals surface area contributed by atoms with E-state index in [-0.39, 0.29) is 11.8 Å². The Morgan fingerprint density at radius 1 is 0.683 bits per heavy atom. The highest BCUT2D eigenvalue weighted by atomic mass is 16.1. The molecular weight excluding hydrogens is 500 g/mol. The maximum atomic E-state index is 13.6. The van der Waals surface area contributed by atoms with Gasteiger partial charge in [0.2, 0.25) is 0 Å². The number of carbonyl (C=O) groups is 1. The fraction of sp³-hybridized carbons (Fsp3) is 0.0526. The molecular formula is C38H28N2O. The molecule has 0 fully saturated rings. The van der Waals surface area contributed by atoms with Crippen LogP contribution < -0.4 is 5.01 Å². The molecule has 0 amide bonds. The van der Waals surface area contributed by atoms with Crippen LogP contribution in [0.25, 0.3) is 27.6 Å². The molecule has 0 radical (unpaired) electrons. The maximum absolute atomic E-state index is 13.6. The molecule has 7 rings (SSSR count). The minimum atomic E-state index is 0.00265. The number of anilines is 1. The molecule has 3 heteroatoms. The molecule has 1 heterocycles. The molecule has 0 aromatic heterocycles. The van der Waals surface area contributed by atoms with Crippen molar-refractivity contribution in [2.45, 2.75) is 12.5 Å². The molecule has 41 heavy (non-hydrogen) atoms. The molecule has 0 unspecified atom stereocenters. The lowest BCUT2D eigenvalue weighted by molar-refractivity contribution is 0.105. The Morgan fingerprint density at radius 2 is 1.27 bits per heavy atom. The Labute approximate surface area is 239 Å². The van der Waals surface area contributed by atoms with Gasteiger partial charge in [0.1, 0.15) is 0 Å². The van der Waals surface area contributed by atoms with Gasteiger partial charge in [-0.2, -0.15) is 5.10 Å². The third kappa shape index (κ3) is 4.83. The highest BCUT2D eigenvalue weighted by Crippen LogP contribution is 2.37. The van der Waals surface area contributed by atoms with Crippen molar-refractivity contribution in [2.24, 2.45) is 5.10 Å². The summed E-state index contributed by atoms with van der Waals surface area (Å²) in [6.45, 7) is 0. The van der Waals surface area contributed by atoms with Crippen LogP contribution >= 0.6 is 0 Å². The number of nitrogens with zero attached hydrogens (tertiary/aromatic N) is 2. The van der Waals surface area contributed by atoms with Gasteiger partial charge in [0.25, 0.3) is 0 Å². The van der Waals surface area contributed by atoms with Crippen molar-refractivity contribution < 1.29 is 4.79 Å². The smallest absolute Gasteiger partial charge is 0.187 e. The van der Waals surface area contributed by atoms with Crippen LogP contribution in [0.5, 0.6) is 0 Å². The van der Waals surface area contributed by atoms with E-state index >= 15 is 0 Å². The summed E-state index contributed by atoms with van der Waals surface area (Å²) in [7, 11) is 0. The predicted octanol–water partition coefficient (Wildman–Crippen LogP) is 9.24. The van der Waals surface area contributed by atoms with E-state index in [2.05, 4.69) is 96.0 Å². The topological polar surface area (TPSA) is 32.7 Å². The molecule has 0 saturated carbocycles. The van der Waals surface area contributed by atoms with Crippen LogP contribution in [0.1, 0.15) is 39.5 Å². The van der Waals surface area contributed by atoms with Gasteiger partial charge in [0, 0.05) is 12.0 Å². The van der Waals surface area contributed by atoms with Crippen LogP contribution in [0.2, 0.25) is 0 Å². The number of hydrazone groups is 1. The van der Waals surface area contributed by atoms with Crippen molar-refractivity contribution in [3.8, 4) is 0 Å². The van der Waals surface area contributed by atoms with Crippen LogP contribution in [-0.2, 0) is 0 Å². The third-order valence-corrected chi connectivity index (χ3v) is 7.80. The van der Waals surface area contributed by atoms with Crippen LogP contribution in [0.15, 0.2) is 151 Å². The lowest BCUT2D eigenvalue weighted by Gasteiger charge is -2.24. The molecule has 0 spiro atoms. The van der Waals surface area contributed by atoms with Crippen molar-refractivity contribution in [3.63, 3.8) is 0 Å². The molecule has 1 aliphatic heterocycles. The van der Waals surface area contributed by atoms with E-state index in [0.29, 0.717) is 0 Å². The Morgan fingerprint density at radius 3 is 1.93 bits per heavy atom. The van der Waals surface area contributed by atoms with E-state index in [4.69, 9.17) is 5.10 Å². The quantitative estimate of drug-likeness (QED) is 0.123. The summed E-state index contributed by atoms with van der Waals surface area (Å²) < 4.78 is 0. The number of allylic oxidation sites excluding steroid dienone is 1. The minimum absolute atomic E-state index is 0.00265. The van der Waals surface area contributed by atoms with Crippen molar-refractivity contribution in [1.29, 1.82) is 0 Å². The van der Waals surface area contributed by atoms with Gasteiger partial charge in [-0.1, -0.05) is 127 Å². The first-order chi connectivity index (χ1) is 20.2. The predicted molar refractivity (Wildman–Crippen MR) is 171 cm³/mol. The standard InChI is InChI=1S/C38H28N2O/c41-37(38-33-17-9-7-15-30(33)25-31-16-8-10-18-34(31)38)24-21-27-19-22-32(23-20-27)40-36(29-13-5-2-6-14-29)26-35(39-40)28-11-3-1-4-12-28/h1-25,36H,26H2/b24-21+/t36-/m1/s1. The zero-order valence-electron chi connectivity index (χ0n) is 22.5. The Balaban J connectivity index is 1.19. The normalized spacial score (nSPS) is 15.1. The summed E-state index contributed by atoms with van der Waals surface area (Å²) in [6.07, 6.45) is 4.43. The van der Waals surface area contributed by atoms with Crippen molar-refractivity contribution in [3.05, 3.63) is 168 Å². The number of benzene rings is 6. The zero-order chi connectivity index (χ0) is 27.6. The van der Waals surface area contributed by atoms with Gasteiger partial charge in [0.05, 0.1) is 17.4 Å². The second-order valence-electron chi connectivity index (χ2n) is 10.4. The number of rotatable bonds is 6. The number of ketones is 1. The SMILES string of the molecule is O=C(/C=C/c1ccc(N2N=C(c3ccccc3)C[C@@H]2c2ccccc2)cc1)c1c2ccccc2cc2ccccc12.